The molecule has 2 rings (SSSR count). The van der Waals surface area contributed by atoms with Crippen molar-refractivity contribution in [1.29, 1.82) is 0 Å². The molecule has 1 N–H and O–H groups in total. The Morgan fingerprint density at radius 1 is 1.29 bits per heavy atom. The van der Waals surface area contributed by atoms with Gasteiger partial charge in [-0.3, -0.25) is 9.59 Å². The summed E-state index contributed by atoms with van der Waals surface area (Å²) in [5.41, 5.74) is -0.0741. The number of ketones is 1. The Bertz CT molecular complexity index is 449. The van der Waals surface area contributed by atoms with Crippen LogP contribution in [0.1, 0.15) is 18.4 Å². The van der Waals surface area contributed by atoms with Crippen molar-refractivity contribution in [3.63, 3.8) is 0 Å². The third-order valence-electron chi connectivity index (χ3n) is 3.22. The highest BCUT2D eigenvalue weighted by Crippen LogP contribution is 2.47. The predicted molar refractivity (Wildman–Crippen MR) is 60.8 cm³/mol. The first-order chi connectivity index (χ1) is 8.08. The van der Waals surface area contributed by atoms with Crippen molar-refractivity contribution in [2.45, 2.75) is 19.3 Å². The van der Waals surface area contributed by atoms with Gasteiger partial charge in [-0.05, 0) is 30.5 Å². The van der Waals surface area contributed by atoms with E-state index < -0.39 is 5.41 Å². The van der Waals surface area contributed by atoms with Crippen LogP contribution in [0.15, 0.2) is 24.3 Å². The van der Waals surface area contributed by atoms with Gasteiger partial charge in [0.05, 0.1) is 0 Å². The zero-order valence-corrected chi connectivity index (χ0v) is 9.63. The first-order valence-corrected chi connectivity index (χ1v) is 5.58. The second-order valence-electron chi connectivity index (χ2n) is 4.39. The van der Waals surface area contributed by atoms with E-state index in [1.807, 2.05) is 0 Å². The number of carbonyl (C=O) groups excluding carboxylic acids is 2. The lowest BCUT2D eigenvalue weighted by Crippen LogP contribution is -2.35. The zero-order chi connectivity index (χ0) is 12.5. The molecule has 0 aliphatic heterocycles. The molecule has 1 aliphatic rings. The Balaban J connectivity index is 2.07. The summed E-state index contributed by atoms with van der Waals surface area (Å²) in [7, 11) is 1.54. The van der Waals surface area contributed by atoms with Gasteiger partial charge in [0, 0.05) is 13.5 Å². The minimum absolute atomic E-state index is 0.0801. The van der Waals surface area contributed by atoms with Crippen molar-refractivity contribution >= 4 is 11.7 Å². The molecule has 4 heteroatoms. The van der Waals surface area contributed by atoms with E-state index in [1.165, 1.54) is 19.2 Å². The number of Topliss-reactive ketones (excluding diaryl/α,β-unsaturated/α-hetero) is 1. The van der Waals surface area contributed by atoms with Crippen LogP contribution in [0.4, 0.5) is 4.39 Å². The number of amides is 1. The fourth-order valence-electron chi connectivity index (χ4n) is 1.95. The Labute approximate surface area is 99.0 Å². The van der Waals surface area contributed by atoms with Gasteiger partial charge in [0.15, 0.2) is 5.78 Å². The highest BCUT2D eigenvalue weighted by Gasteiger charge is 2.55. The molecule has 0 atom stereocenters. The highest BCUT2D eigenvalue weighted by molar-refractivity contribution is 6.09. The van der Waals surface area contributed by atoms with Gasteiger partial charge >= 0.3 is 0 Å². The summed E-state index contributed by atoms with van der Waals surface area (Å²) in [6, 6.07) is 5.80. The molecule has 1 saturated carbocycles. The van der Waals surface area contributed by atoms with Gasteiger partial charge in [0.1, 0.15) is 11.2 Å². The van der Waals surface area contributed by atoms with E-state index in [9.17, 15) is 14.0 Å². The van der Waals surface area contributed by atoms with Crippen molar-refractivity contribution in [2.75, 3.05) is 7.05 Å². The van der Waals surface area contributed by atoms with E-state index in [1.54, 1.807) is 12.1 Å². The summed E-state index contributed by atoms with van der Waals surface area (Å²) >= 11 is 0. The van der Waals surface area contributed by atoms with E-state index in [4.69, 9.17) is 0 Å². The zero-order valence-electron chi connectivity index (χ0n) is 9.63. The van der Waals surface area contributed by atoms with E-state index in [0.717, 1.165) is 5.56 Å². The van der Waals surface area contributed by atoms with Crippen LogP contribution in [0.3, 0.4) is 0 Å². The standard InChI is InChI=1S/C13H14FNO2/c1-15-12(17)13(6-7-13)11(16)8-9-2-4-10(14)5-3-9/h2-5H,6-8H2,1H3,(H,15,17). The average molecular weight is 235 g/mol. The number of nitrogens with one attached hydrogen (secondary N) is 1. The number of rotatable bonds is 4. The molecule has 0 bridgehead atoms. The Morgan fingerprint density at radius 3 is 2.35 bits per heavy atom. The molecule has 0 heterocycles. The lowest BCUT2D eigenvalue weighted by Gasteiger charge is -2.11. The summed E-state index contributed by atoms with van der Waals surface area (Å²) in [5.74, 6) is -0.610. The molecule has 0 aromatic heterocycles. The third kappa shape index (κ3) is 2.20. The number of hydrogen-bond donors (Lipinski definition) is 1. The van der Waals surface area contributed by atoms with Crippen LogP contribution in [0, 0.1) is 11.2 Å². The van der Waals surface area contributed by atoms with Gasteiger partial charge in [0.2, 0.25) is 5.91 Å². The summed E-state index contributed by atoms with van der Waals surface area (Å²) < 4.78 is 12.7. The van der Waals surface area contributed by atoms with Crippen LogP contribution in [0.2, 0.25) is 0 Å². The van der Waals surface area contributed by atoms with Gasteiger partial charge in [0.25, 0.3) is 0 Å². The van der Waals surface area contributed by atoms with Gasteiger partial charge < -0.3 is 5.32 Å². The van der Waals surface area contributed by atoms with Crippen molar-refractivity contribution < 1.29 is 14.0 Å². The van der Waals surface area contributed by atoms with Crippen LogP contribution >= 0.6 is 0 Å². The molecular formula is C13H14FNO2. The normalized spacial score (nSPS) is 16.4. The monoisotopic (exact) mass is 235 g/mol. The smallest absolute Gasteiger partial charge is 0.233 e. The summed E-state index contributed by atoms with van der Waals surface area (Å²) in [5, 5.41) is 2.52. The van der Waals surface area contributed by atoms with Crippen LogP contribution in [-0.2, 0) is 16.0 Å². The second-order valence-corrected chi connectivity index (χ2v) is 4.39. The first-order valence-electron chi connectivity index (χ1n) is 5.58. The second kappa shape index (κ2) is 4.28. The molecule has 0 radical (unpaired) electrons. The fraction of sp³-hybridized carbons (Fsp3) is 0.385. The first kappa shape index (κ1) is 11.8. The van der Waals surface area contributed by atoms with Crippen molar-refractivity contribution in [3.8, 4) is 0 Å². The molecule has 17 heavy (non-hydrogen) atoms. The fourth-order valence-corrected chi connectivity index (χ4v) is 1.95. The van der Waals surface area contributed by atoms with Crippen molar-refractivity contribution in [2.24, 2.45) is 5.41 Å². The van der Waals surface area contributed by atoms with Gasteiger partial charge in [-0.25, -0.2) is 4.39 Å². The maximum absolute atomic E-state index is 12.7. The molecule has 0 saturated heterocycles. The van der Waals surface area contributed by atoms with E-state index in [-0.39, 0.29) is 23.9 Å². The van der Waals surface area contributed by atoms with Crippen LogP contribution < -0.4 is 5.32 Å². The van der Waals surface area contributed by atoms with E-state index in [2.05, 4.69) is 5.32 Å². The SMILES string of the molecule is CNC(=O)C1(C(=O)Cc2ccc(F)cc2)CC1. The van der Waals surface area contributed by atoms with Gasteiger partial charge in [-0.2, -0.15) is 0 Å². The lowest BCUT2D eigenvalue weighted by molar-refractivity contribution is -0.135. The Kier molecular flexibility index (Phi) is 2.96. The third-order valence-corrected chi connectivity index (χ3v) is 3.22. The van der Waals surface area contributed by atoms with E-state index in [0.29, 0.717) is 12.8 Å². The molecule has 0 unspecified atom stereocenters. The number of carbonyl (C=O) groups is 2. The molecule has 1 amide bonds. The molecule has 1 aliphatic carbocycles. The predicted octanol–water partition coefficient (Wildman–Crippen LogP) is 1.46. The minimum atomic E-state index is -0.816. The molecule has 1 aromatic rings. The summed E-state index contributed by atoms with van der Waals surface area (Å²) in [6.07, 6.45) is 1.42. The maximum atomic E-state index is 12.7. The molecule has 1 aromatic carbocycles. The number of halogens is 1. The van der Waals surface area contributed by atoms with Crippen LogP contribution in [-0.4, -0.2) is 18.7 Å². The average Bonchev–Trinajstić information content (AvgIpc) is 3.12. The van der Waals surface area contributed by atoms with Crippen LogP contribution in [0.25, 0.3) is 0 Å². The highest BCUT2D eigenvalue weighted by atomic mass is 19.1. The van der Waals surface area contributed by atoms with Gasteiger partial charge in [-0.1, -0.05) is 12.1 Å². The van der Waals surface area contributed by atoms with E-state index >= 15 is 0 Å². The molecule has 3 nitrogen and oxygen atoms in total. The Morgan fingerprint density at radius 2 is 1.88 bits per heavy atom. The largest absolute Gasteiger partial charge is 0.358 e. The summed E-state index contributed by atoms with van der Waals surface area (Å²) in [6.45, 7) is 0. The number of hydrogen-bond acceptors (Lipinski definition) is 2. The summed E-state index contributed by atoms with van der Waals surface area (Å²) in [4.78, 5) is 23.6. The molecule has 0 spiro atoms. The molecule has 90 valence electrons. The Hall–Kier alpha value is -1.71. The minimum Gasteiger partial charge on any atom is -0.358 e. The van der Waals surface area contributed by atoms with Crippen molar-refractivity contribution in [3.05, 3.63) is 35.6 Å². The molecular weight excluding hydrogens is 221 g/mol. The lowest BCUT2D eigenvalue weighted by atomic mass is 9.94. The maximum Gasteiger partial charge on any atom is 0.233 e. The van der Waals surface area contributed by atoms with Crippen molar-refractivity contribution in [1.82, 2.24) is 5.32 Å². The van der Waals surface area contributed by atoms with Gasteiger partial charge in [-0.15, -0.1) is 0 Å². The molecule has 1 fully saturated rings. The quantitative estimate of drug-likeness (QED) is 0.803. The van der Waals surface area contributed by atoms with Crippen LogP contribution in [0.5, 0.6) is 0 Å². The number of benzene rings is 1. The topological polar surface area (TPSA) is 46.2 Å².